The average Bonchev–Trinajstić information content (AvgIpc) is 2.53. The van der Waals surface area contributed by atoms with Crippen LogP contribution in [0, 0.1) is 0 Å². The minimum Gasteiger partial charge on any atom is -0.480 e. The Bertz CT molecular complexity index is 354. The summed E-state index contributed by atoms with van der Waals surface area (Å²) in [6, 6.07) is 0. The van der Waals surface area contributed by atoms with Gasteiger partial charge in [0.2, 0.25) is 0 Å². The molecule has 1 spiro atoms. The Hall–Kier alpha value is -1.52. The highest BCUT2D eigenvalue weighted by molar-refractivity contribution is 6.04. The molecule has 1 aliphatic heterocycles. The molecule has 1 fully saturated rings. The van der Waals surface area contributed by atoms with Crippen molar-refractivity contribution >= 4 is 11.7 Å². The maximum absolute atomic E-state index is 10.5. The van der Waals surface area contributed by atoms with Crippen LogP contribution >= 0.6 is 0 Å². The van der Waals surface area contributed by atoms with E-state index < -0.39 is 11.6 Å². The number of carboxylic acids is 1. The largest absolute Gasteiger partial charge is 0.480 e. The Morgan fingerprint density at radius 2 is 2.19 bits per heavy atom. The summed E-state index contributed by atoms with van der Waals surface area (Å²) >= 11 is 0. The van der Waals surface area contributed by atoms with Crippen molar-refractivity contribution in [2.45, 2.75) is 37.7 Å². The van der Waals surface area contributed by atoms with E-state index in [4.69, 9.17) is 15.6 Å². The molecule has 88 valence electrons. The zero-order valence-electron chi connectivity index (χ0n) is 9.11. The molecule has 1 saturated carbocycles. The Labute approximate surface area is 94.0 Å². The van der Waals surface area contributed by atoms with Gasteiger partial charge in [-0.15, -0.1) is 0 Å². The molecule has 3 N–H and O–H groups in total. The molecule has 5 heteroatoms. The lowest BCUT2D eigenvalue weighted by molar-refractivity contribution is -0.135. The van der Waals surface area contributed by atoms with Gasteiger partial charge in [0.15, 0.2) is 11.5 Å². The van der Waals surface area contributed by atoms with Crippen LogP contribution in [0.15, 0.2) is 17.0 Å². The summed E-state index contributed by atoms with van der Waals surface area (Å²) in [6.45, 7) is -0.218. The molecule has 0 aromatic carbocycles. The predicted molar refractivity (Wildman–Crippen MR) is 59.1 cm³/mol. The van der Waals surface area contributed by atoms with Gasteiger partial charge in [0, 0.05) is 6.08 Å². The zero-order chi connectivity index (χ0) is 11.6. The van der Waals surface area contributed by atoms with E-state index in [-0.39, 0.29) is 6.54 Å². The highest BCUT2D eigenvalue weighted by atomic mass is 16.5. The normalized spacial score (nSPS) is 25.5. The first-order valence-electron chi connectivity index (χ1n) is 5.55. The third kappa shape index (κ3) is 2.03. The van der Waals surface area contributed by atoms with Gasteiger partial charge in [-0.3, -0.25) is 9.79 Å². The van der Waals surface area contributed by atoms with Crippen LogP contribution in [-0.2, 0) is 9.53 Å². The van der Waals surface area contributed by atoms with Crippen LogP contribution in [0.25, 0.3) is 0 Å². The van der Waals surface area contributed by atoms with E-state index in [1.807, 2.05) is 0 Å². The quantitative estimate of drug-likeness (QED) is 0.734. The standard InChI is InChI=1S/C11H16N2O3/c12-9-6-8(13-7-10(14)15)11(16-9)4-2-1-3-5-11/h6H,1-5,7,12H2,(H,14,15). The summed E-state index contributed by atoms with van der Waals surface area (Å²) in [5, 5.41) is 8.63. The Morgan fingerprint density at radius 1 is 1.50 bits per heavy atom. The number of aliphatic carboxylic acids is 1. The first kappa shape index (κ1) is 11.0. The minimum absolute atomic E-state index is 0.218. The van der Waals surface area contributed by atoms with Crippen LogP contribution in [-0.4, -0.2) is 28.9 Å². The monoisotopic (exact) mass is 224 g/mol. The van der Waals surface area contributed by atoms with Gasteiger partial charge >= 0.3 is 5.97 Å². The number of hydrogen-bond acceptors (Lipinski definition) is 4. The SMILES string of the molecule is NC1=CC(=NCC(=O)O)C2(CCCCC2)O1. The number of nitrogens with two attached hydrogens (primary N) is 1. The van der Waals surface area contributed by atoms with Gasteiger partial charge in [-0.25, -0.2) is 0 Å². The summed E-state index contributed by atoms with van der Waals surface area (Å²) in [6.07, 6.45) is 6.76. The molecule has 0 unspecified atom stereocenters. The van der Waals surface area contributed by atoms with Crippen LogP contribution in [0.4, 0.5) is 0 Å². The molecule has 0 bridgehead atoms. The van der Waals surface area contributed by atoms with Crippen LogP contribution in [0.1, 0.15) is 32.1 Å². The minimum atomic E-state index is -0.933. The Morgan fingerprint density at radius 3 is 2.81 bits per heavy atom. The van der Waals surface area contributed by atoms with Crippen molar-refractivity contribution in [1.29, 1.82) is 0 Å². The maximum atomic E-state index is 10.5. The van der Waals surface area contributed by atoms with Crippen molar-refractivity contribution in [3.8, 4) is 0 Å². The molecule has 5 nitrogen and oxygen atoms in total. The topological polar surface area (TPSA) is 84.9 Å². The van der Waals surface area contributed by atoms with E-state index in [0.29, 0.717) is 11.6 Å². The van der Waals surface area contributed by atoms with E-state index in [1.165, 1.54) is 6.42 Å². The van der Waals surface area contributed by atoms with E-state index in [0.717, 1.165) is 25.7 Å². The summed E-state index contributed by atoms with van der Waals surface area (Å²) in [7, 11) is 0. The third-order valence-corrected chi connectivity index (χ3v) is 3.10. The van der Waals surface area contributed by atoms with Gasteiger partial charge in [-0.05, 0) is 25.7 Å². The van der Waals surface area contributed by atoms with Crippen molar-refractivity contribution in [2.24, 2.45) is 10.7 Å². The second-order valence-corrected chi connectivity index (χ2v) is 4.30. The molecule has 2 aliphatic rings. The Kier molecular flexibility index (Phi) is 2.85. The number of rotatable bonds is 2. The number of nitrogens with zero attached hydrogens (tertiary/aromatic N) is 1. The van der Waals surface area contributed by atoms with Gasteiger partial charge in [0.25, 0.3) is 0 Å². The lowest BCUT2D eigenvalue weighted by Crippen LogP contribution is -2.39. The number of aliphatic imine (C=N–C) groups is 1. The van der Waals surface area contributed by atoms with Crippen LogP contribution in [0.5, 0.6) is 0 Å². The van der Waals surface area contributed by atoms with Crippen molar-refractivity contribution in [1.82, 2.24) is 0 Å². The van der Waals surface area contributed by atoms with Crippen molar-refractivity contribution in [3.63, 3.8) is 0 Å². The van der Waals surface area contributed by atoms with E-state index in [9.17, 15) is 4.79 Å². The molecule has 0 atom stereocenters. The van der Waals surface area contributed by atoms with Crippen molar-refractivity contribution < 1.29 is 14.6 Å². The number of ether oxygens (including phenoxy) is 1. The van der Waals surface area contributed by atoms with Crippen LogP contribution in [0.3, 0.4) is 0 Å². The van der Waals surface area contributed by atoms with Gasteiger partial charge in [0.05, 0.1) is 5.71 Å². The average molecular weight is 224 g/mol. The molecule has 0 aromatic heterocycles. The molecule has 0 radical (unpaired) electrons. The smallest absolute Gasteiger partial charge is 0.325 e. The first-order chi connectivity index (χ1) is 7.62. The highest BCUT2D eigenvalue weighted by Crippen LogP contribution is 2.38. The van der Waals surface area contributed by atoms with E-state index in [2.05, 4.69) is 4.99 Å². The lowest BCUT2D eigenvalue weighted by atomic mass is 9.82. The van der Waals surface area contributed by atoms with Gasteiger partial charge in [-0.2, -0.15) is 0 Å². The Balaban J connectivity index is 2.18. The fourth-order valence-electron chi connectivity index (χ4n) is 2.40. The molecular formula is C11H16N2O3. The third-order valence-electron chi connectivity index (χ3n) is 3.10. The molecule has 16 heavy (non-hydrogen) atoms. The molecule has 0 aromatic rings. The molecule has 1 aliphatic carbocycles. The molecule has 2 rings (SSSR count). The first-order valence-corrected chi connectivity index (χ1v) is 5.55. The second kappa shape index (κ2) is 4.15. The fourth-order valence-corrected chi connectivity index (χ4v) is 2.40. The number of carbonyl (C=O) groups is 1. The molecule has 1 heterocycles. The number of carboxylic acid groups (broad SMARTS) is 1. The molecule has 0 saturated heterocycles. The predicted octanol–water partition coefficient (Wildman–Crippen LogP) is 1.05. The maximum Gasteiger partial charge on any atom is 0.325 e. The molecular weight excluding hydrogens is 208 g/mol. The van der Waals surface area contributed by atoms with Gasteiger partial charge in [-0.1, -0.05) is 6.42 Å². The zero-order valence-corrected chi connectivity index (χ0v) is 9.11. The van der Waals surface area contributed by atoms with E-state index >= 15 is 0 Å². The van der Waals surface area contributed by atoms with Crippen molar-refractivity contribution in [3.05, 3.63) is 12.0 Å². The summed E-state index contributed by atoms with van der Waals surface area (Å²) in [5.41, 5.74) is 5.92. The fraction of sp³-hybridized carbons (Fsp3) is 0.636. The summed E-state index contributed by atoms with van der Waals surface area (Å²) in [4.78, 5) is 14.6. The number of hydrogen-bond donors (Lipinski definition) is 2. The summed E-state index contributed by atoms with van der Waals surface area (Å²) < 4.78 is 5.65. The second-order valence-electron chi connectivity index (χ2n) is 4.30. The summed E-state index contributed by atoms with van der Waals surface area (Å²) in [5.74, 6) is -0.580. The van der Waals surface area contributed by atoms with Crippen molar-refractivity contribution in [2.75, 3.05) is 6.54 Å². The van der Waals surface area contributed by atoms with E-state index in [1.54, 1.807) is 6.08 Å². The van der Waals surface area contributed by atoms with Crippen LogP contribution < -0.4 is 5.73 Å². The lowest BCUT2D eigenvalue weighted by Gasteiger charge is -2.33. The van der Waals surface area contributed by atoms with Gasteiger partial charge < -0.3 is 15.6 Å². The molecule has 0 amide bonds. The van der Waals surface area contributed by atoms with Crippen LogP contribution in [0.2, 0.25) is 0 Å². The van der Waals surface area contributed by atoms with Gasteiger partial charge in [0.1, 0.15) is 6.54 Å². The highest BCUT2D eigenvalue weighted by Gasteiger charge is 2.42.